The lowest BCUT2D eigenvalue weighted by Gasteiger charge is -2.14. The van der Waals surface area contributed by atoms with Gasteiger partial charge in [-0.3, -0.25) is 5.73 Å². The van der Waals surface area contributed by atoms with E-state index in [1.54, 1.807) is 12.1 Å². The van der Waals surface area contributed by atoms with Crippen LogP contribution in [0.4, 0.5) is 0 Å². The van der Waals surface area contributed by atoms with Gasteiger partial charge in [0.05, 0.1) is 0 Å². The molecule has 0 heterocycles. The van der Waals surface area contributed by atoms with Crippen LogP contribution in [0.5, 0.6) is 5.75 Å². The molecular formula is C15H16ClNO. The van der Waals surface area contributed by atoms with Gasteiger partial charge in [-0.25, -0.2) is 0 Å². The minimum absolute atomic E-state index is 0.300. The predicted octanol–water partition coefficient (Wildman–Crippen LogP) is 3.64. The van der Waals surface area contributed by atoms with Gasteiger partial charge in [-0.05, 0) is 36.2 Å². The van der Waals surface area contributed by atoms with E-state index in [9.17, 15) is 0 Å². The summed E-state index contributed by atoms with van der Waals surface area (Å²) in [6, 6.07) is 17.5. The Balaban J connectivity index is 1.82. The van der Waals surface area contributed by atoms with E-state index in [0.717, 1.165) is 18.6 Å². The molecule has 2 rings (SSSR count). The molecule has 2 N–H and O–H groups in total. The van der Waals surface area contributed by atoms with Crippen molar-refractivity contribution in [3.63, 3.8) is 0 Å². The molecule has 2 aromatic rings. The van der Waals surface area contributed by atoms with Crippen molar-refractivity contribution in [3.8, 4) is 5.75 Å². The molecule has 3 heteroatoms. The third kappa shape index (κ3) is 4.06. The van der Waals surface area contributed by atoms with Gasteiger partial charge >= 0.3 is 0 Å². The molecule has 0 amide bonds. The zero-order chi connectivity index (χ0) is 12.8. The summed E-state index contributed by atoms with van der Waals surface area (Å²) in [5.41, 5.74) is 7.21. The van der Waals surface area contributed by atoms with Gasteiger partial charge in [0.1, 0.15) is 12.0 Å². The maximum atomic E-state index is 5.94. The van der Waals surface area contributed by atoms with Crippen molar-refractivity contribution >= 4 is 11.6 Å². The fourth-order valence-electron chi connectivity index (χ4n) is 1.70. The van der Waals surface area contributed by atoms with E-state index in [1.807, 2.05) is 30.3 Å². The predicted molar refractivity (Wildman–Crippen MR) is 74.8 cm³/mol. The standard InChI is InChI=1S/C15H16ClNO/c16-13-7-9-14(10-8-13)18-15(17)11-6-12-4-2-1-3-5-12/h1-5,7-10,15H,6,11,17H2. The number of rotatable bonds is 5. The van der Waals surface area contributed by atoms with Gasteiger partial charge in [0.2, 0.25) is 0 Å². The van der Waals surface area contributed by atoms with Crippen LogP contribution in [-0.4, -0.2) is 6.23 Å². The Labute approximate surface area is 112 Å². The Morgan fingerprint density at radius 3 is 2.33 bits per heavy atom. The van der Waals surface area contributed by atoms with Crippen LogP contribution in [0, 0.1) is 0 Å². The highest BCUT2D eigenvalue weighted by atomic mass is 35.5. The van der Waals surface area contributed by atoms with E-state index in [0.29, 0.717) is 5.02 Å². The smallest absolute Gasteiger partial charge is 0.148 e. The molecule has 0 aromatic heterocycles. The van der Waals surface area contributed by atoms with Gasteiger partial charge in [-0.2, -0.15) is 0 Å². The first-order valence-corrected chi connectivity index (χ1v) is 6.33. The first-order valence-electron chi connectivity index (χ1n) is 5.96. The van der Waals surface area contributed by atoms with E-state index in [4.69, 9.17) is 22.1 Å². The fraction of sp³-hybridized carbons (Fsp3) is 0.200. The maximum Gasteiger partial charge on any atom is 0.148 e. The number of ether oxygens (including phenoxy) is 1. The molecule has 2 aromatic carbocycles. The Kier molecular flexibility index (Phi) is 4.62. The van der Waals surface area contributed by atoms with Crippen molar-refractivity contribution in [2.24, 2.45) is 5.73 Å². The highest BCUT2D eigenvalue weighted by Gasteiger charge is 2.04. The van der Waals surface area contributed by atoms with Crippen LogP contribution >= 0.6 is 11.6 Å². The molecule has 0 spiro atoms. The van der Waals surface area contributed by atoms with Gasteiger partial charge < -0.3 is 4.74 Å². The number of nitrogens with two attached hydrogens (primary N) is 1. The van der Waals surface area contributed by atoms with Gasteiger partial charge in [-0.1, -0.05) is 41.9 Å². The molecule has 1 atom stereocenters. The summed E-state index contributed by atoms with van der Waals surface area (Å²) in [7, 11) is 0. The van der Waals surface area contributed by atoms with Crippen LogP contribution in [0.15, 0.2) is 54.6 Å². The Bertz CT molecular complexity index is 470. The Morgan fingerprint density at radius 2 is 1.67 bits per heavy atom. The van der Waals surface area contributed by atoms with Crippen molar-refractivity contribution < 1.29 is 4.74 Å². The second-order valence-corrected chi connectivity index (χ2v) is 4.57. The van der Waals surface area contributed by atoms with Crippen LogP contribution in [0.1, 0.15) is 12.0 Å². The summed E-state index contributed by atoms with van der Waals surface area (Å²) in [6.45, 7) is 0. The topological polar surface area (TPSA) is 35.2 Å². The normalized spacial score (nSPS) is 12.1. The number of hydrogen-bond acceptors (Lipinski definition) is 2. The lowest BCUT2D eigenvalue weighted by Crippen LogP contribution is -2.27. The largest absolute Gasteiger partial charge is 0.476 e. The summed E-state index contributed by atoms with van der Waals surface area (Å²) in [6.07, 6.45) is 1.40. The number of aryl methyl sites for hydroxylation is 1. The first-order chi connectivity index (χ1) is 8.74. The molecule has 0 aliphatic carbocycles. The lowest BCUT2D eigenvalue weighted by atomic mass is 10.1. The molecule has 0 bridgehead atoms. The quantitative estimate of drug-likeness (QED) is 0.834. The van der Waals surface area contributed by atoms with Gasteiger partial charge in [0.15, 0.2) is 0 Å². The number of halogens is 1. The van der Waals surface area contributed by atoms with E-state index >= 15 is 0 Å². The van der Waals surface area contributed by atoms with E-state index in [1.165, 1.54) is 5.56 Å². The van der Waals surface area contributed by atoms with Crippen LogP contribution in [0.2, 0.25) is 5.02 Å². The summed E-state index contributed by atoms with van der Waals surface area (Å²) >= 11 is 5.80. The fourth-order valence-corrected chi connectivity index (χ4v) is 1.83. The molecular weight excluding hydrogens is 246 g/mol. The van der Waals surface area contributed by atoms with Crippen LogP contribution in [0.3, 0.4) is 0 Å². The first kappa shape index (κ1) is 12.9. The Morgan fingerprint density at radius 1 is 1.00 bits per heavy atom. The average molecular weight is 262 g/mol. The van der Waals surface area contributed by atoms with E-state index < -0.39 is 0 Å². The van der Waals surface area contributed by atoms with Crippen LogP contribution in [-0.2, 0) is 6.42 Å². The summed E-state index contributed by atoms with van der Waals surface area (Å²) in [5.74, 6) is 0.750. The second-order valence-electron chi connectivity index (χ2n) is 4.13. The molecule has 0 radical (unpaired) electrons. The highest BCUT2D eigenvalue weighted by Crippen LogP contribution is 2.17. The lowest BCUT2D eigenvalue weighted by molar-refractivity contribution is 0.199. The van der Waals surface area contributed by atoms with Gasteiger partial charge in [0.25, 0.3) is 0 Å². The molecule has 18 heavy (non-hydrogen) atoms. The molecule has 0 saturated carbocycles. The van der Waals surface area contributed by atoms with Crippen LogP contribution < -0.4 is 10.5 Å². The molecule has 0 aliphatic rings. The van der Waals surface area contributed by atoms with Gasteiger partial charge in [-0.15, -0.1) is 0 Å². The molecule has 0 saturated heterocycles. The number of benzene rings is 2. The molecule has 94 valence electrons. The minimum Gasteiger partial charge on any atom is -0.476 e. The average Bonchev–Trinajstić information content (AvgIpc) is 2.40. The maximum absolute atomic E-state index is 5.94. The van der Waals surface area contributed by atoms with Crippen molar-refractivity contribution in [2.45, 2.75) is 19.1 Å². The van der Waals surface area contributed by atoms with E-state index in [-0.39, 0.29) is 6.23 Å². The summed E-state index contributed by atoms with van der Waals surface area (Å²) in [5, 5.41) is 0.695. The van der Waals surface area contributed by atoms with Crippen molar-refractivity contribution in [1.82, 2.24) is 0 Å². The van der Waals surface area contributed by atoms with Crippen molar-refractivity contribution in [2.75, 3.05) is 0 Å². The summed E-state index contributed by atoms with van der Waals surface area (Å²) in [4.78, 5) is 0. The molecule has 1 unspecified atom stereocenters. The highest BCUT2D eigenvalue weighted by molar-refractivity contribution is 6.30. The number of hydrogen-bond donors (Lipinski definition) is 1. The second kappa shape index (κ2) is 6.43. The third-order valence-corrected chi connectivity index (χ3v) is 2.91. The molecule has 0 fully saturated rings. The SMILES string of the molecule is NC(CCc1ccccc1)Oc1ccc(Cl)cc1. The zero-order valence-corrected chi connectivity index (χ0v) is 10.8. The van der Waals surface area contributed by atoms with Gasteiger partial charge in [0, 0.05) is 11.4 Å². The van der Waals surface area contributed by atoms with Crippen molar-refractivity contribution in [1.29, 1.82) is 0 Å². The monoisotopic (exact) mass is 261 g/mol. The molecule has 2 nitrogen and oxygen atoms in total. The van der Waals surface area contributed by atoms with E-state index in [2.05, 4.69) is 12.1 Å². The zero-order valence-electron chi connectivity index (χ0n) is 10.1. The summed E-state index contributed by atoms with van der Waals surface area (Å²) < 4.78 is 5.61. The molecule has 0 aliphatic heterocycles. The third-order valence-electron chi connectivity index (χ3n) is 2.66. The van der Waals surface area contributed by atoms with Crippen LogP contribution in [0.25, 0.3) is 0 Å². The minimum atomic E-state index is -0.300. The van der Waals surface area contributed by atoms with Crippen molar-refractivity contribution in [3.05, 3.63) is 65.2 Å². The Hall–Kier alpha value is -1.51.